The molecule has 0 radical (unpaired) electrons. The molecule has 8 nitrogen and oxygen atoms in total. The molecule has 164 valence electrons. The van der Waals surface area contributed by atoms with E-state index in [-0.39, 0.29) is 11.3 Å². The first-order chi connectivity index (χ1) is 15.7. The van der Waals surface area contributed by atoms with E-state index < -0.39 is 11.8 Å². The van der Waals surface area contributed by atoms with Gasteiger partial charge < -0.3 is 11.5 Å². The van der Waals surface area contributed by atoms with Crippen LogP contribution in [0.2, 0.25) is 0 Å². The molecule has 0 unspecified atom stereocenters. The van der Waals surface area contributed by atoms with Crippen molar-refractivity contribution in [2.45, 2.75) is 27.3 Å². The molecule has 0 atom stereocenters. The van der Waals surface area contributed by atoms with Gasteiger partial charge in [-0.1, -0.05) is 24.3 Å². The van der Waals surface area contributed by atoms with Crippen molar-refractivity contribution in [3.8, 4) is 17.2 Å². The number of benzene rings is 2. The molecule has 2 aromatic heterocycles. The van der Waals surface area contributed by atoms with Crippen LogP contribution in [-0.2, 0) is 6.54 Å². The molecular weight excluding hydrogens is 416 g/mol. The highest BCUT2D eigenvalue weighted by Crippen LogP contribution is 2.37. The van der Waals surface area contributed by atoms with Crippen molar-refractivity contribution in [2.75, 3.05) is 0 Å². The molecule has 0 aliphatic heterocycles. The first-order valence-corrected chi connectivity index (χ1v) is 10.3. The van der Waals surface area contributed by atoms with Gasteiger partial charge in [-0.25, -0.2) is 4.98 Å². The number of aromatic nitrogens is 3. The minimum atomic E-state index is -0.755. The Kier molecular flexibility index (Phi) is 5.40. The molecule has 8 heteroatoms. The fraction of sp³-hybridized carbons (Fsp3) is 0.160. The van der Waals surface area contributed by atoms with E-state index in [1.807, 2.05) is 32.0 Å². The van der Waals surface area contributed by atoms with Crippen molar-refractivity contribution in [2.24, 2.45) is 11.5 Å². The number of fused-ring (bicyclic) bond motifs is 1. The van der Waals surface area contributed by atoms with Crippen LogP contribution >= 0.6 is 0 Å². The summed E-state index contributed by atoms with van der Waals surface area (Å²) in [6, 6.07) is 14.7. The van der Waals surface area contributed by atoms with E-state index in [1.165, 1.54) is 0 Å². The third-order valence-corrected chi connectivity index (χ3v) is 5.75. The van der Waals surface area contributed by atoms with Crippen LogP contribution in [0.4, 0.5) is 0 Å². The molecule has 0 spiro atoms. The van der Waals surface area contributed by atoms with Gasteiger partial charge in [-0.3, -0.25) is 14.3 Å². The molecule has 4 aromatic rings. The minimum Gasteiger partial charge on any atom is -0.366 e. The molecule has 0 bridgehead atoms. The number of carbonyl (C=O) groups is 2. The lowest BCUT2D eigenvalue weighted by Crippen LogP contribution is -2.21. The summed E-state index contributed by atoms with van der Waals surface area (Å²) < 4.78 is 1.78. The number of pyridine rings is 1. The summed E-state index contributed by atoms with van der Waals surface area (Å²) in [4.78, 5) is 29.6. The number of hydrogen-bond donors (Lipinski definition) is 2. The van der Waals surface area contributed by atoms with E-state index in [2.05, 4.69) is 16.2 Å². The average molecular weight is 438 g/mol. The highest BCUT2D eigenvalue weighted by molar-refractivity contribution is 6.16. The van der Waals surface area contributed by atoms with Crippen molar-refractivity contribution in [1.82, 2.24) is 14.8 Å². The van der Waals surface area contributed by atoms with E-state index in [4.69, 9.17) is 16.7 Å². The summed E-state index contributed by atoms with van der Waals surface area (Å²) in [5.74, 6) is -1.43. The summed E-state index contributed by atoms with van der Waals surface area (Å²) in [6.07, 6.45) is 0. The van der Waals surface area contributed by atoms with Crippen molar-refractivity contribution >= 4 is 22.7 Å². The van der Waals surface area contributed by atoms with Gasteiger partial charge in [0, 0.05) is 22.2 Å². The van der Waals surface area contributed by atoms with Crippen LogP contribution in [0.25, 0.3) is 22.0 Å². The summed E-state index contributed by atoms with van der Waals surface area (Å²) in [5, 5.41) is 14.2. The molecule has 0 fully saturated rings. The number of primary amides is 2. The van der Waals surface area contributed by atoms with Gasteiger partial charge in [0.05, 0.1) is 35.0 Å². The lowest BCUT2D eigenvalue weighted by atomic mass is 9.91. The normalized spacial score (nSPS) is 10.8. The molecule has 2 aromatic carbocycles. The van der Waals surface area contributed by atoms with E-state index in [1.54, 1.807) is 35.9 Å². The highest BCUT2D eigenvalue weighted by Gasteiger charge is 2.28. The van der Waals surface area contributed by atoms with E-state index in [0.717, 1.165) is 16.8 Å². The van der Waals surface area contributed by atoms with Gasteiger partial charge >= 0.3 is 0 Å². The van der Waals surface area contributed by atoms with E-state index >= 15 is 0 Å². The number of nitrogens with two attached hydrogens (primary N) is 2. The number of amides is 2. The molecule has 0 saturated carbocycles. The van der Waals surface area contributed by atoms with Gasteiger partial charge in [0.25, 0.3) is 5.91 Å². The van der Waals surface area contributed by atoms with Crippen LogP contribution < -0.4 is 11.5 Å². The maximum absolute atomic E-state index is 12.7. The average Bonchev–Trinajstić information content (AvgIpc) is 3.05. The molecule has 0 aliphatic rings. The van der Waals surface area contributed by atoms with Crippen molar-refractivity contribution in [3.05, 3.63) is 81.8 Å². The zero-order valence-electron chi connectivity index (χ0n) is 18.5. The second kappa shape index (κ2) is 8.20. The van der Waals surface area contributed by atoms with E-state index in [9.17, 15) is 9.59 Å². The van der Waals surface area contributed by atoms with Crippen LogP contribution in [0, 0.1) is 32.1 Å². The smallest absolute Gasteiger partial charge is 0.267 e. The minimum absolute atomic E-state index is 0.0222. The van der Waals surface area contributed by atoms with Crippen LogP contribution in [-0.4, -0.2) is 26.6 Å². The molecule has 2 heterocycles. The maximum atomic E-state index is 12.7. The topological polar surface area (TPSA) is 141 Å². The Balaban J connectivity index is 1.99. The van der Waals surface area contributed by atoms with Gasteiger partial charge in [0.15, 0.2) is 0 Å². The summed E-state index contributed by atoms with van der Waals surface area (Å²) in [5.41, 5.74) is 16.8. The van der Waals surface area contributed by atoms with Gasteiger partial charge in [-0.2, -0.15) is 10.4 Å². The second-order valence-corrected chi connectivity index (χ2v) is 7.92. The van der Waals surface area contributed by atoms with Crippen molar-refractivity contribution in [1.29, 1.82) is 5.26 Å². The zero-order valence-corrected chi connectivity index (χ0v) is 18.5. The van der Waals surface area contributed by atoms with Gasteiger partial charge in [0.1, 0.15) is 5.69 Å². The largest absolute Gasteiger partial charge is 0.366 e. The summed E-state index contributed by atoms with van der Waals surface area (Å²) >= 11 is 0. The summed E-state index contributed by atoms with van der Waals surface area (Å²) in [6.45, 7) is 5.96. The standard InChI is InChI=1S/C25H22N6O2/c1-13-5-4-6-18-19(13)22(24(27)32)21(23(29-18)25(28)33)20-14(2)30-31(15(20)3)12-17-9-7-16(11-26)8-10-17/h4-10H,12H2,1-3H3,(H2,27,32)(H2,28,33). The maximum Gasteiger partial charge on any atom is 0.267 e. The lowest BCUT2D eigenvalue weighted by molar-refractivity contribution is 0.0996. The first kappa shape index (κ1) is 21.7. The SMILES string of the molecule is Cc1nn(Cc2ccc(C#N)cc2)c(C)c1-c1c(C(N)=O)nc2cccc(C)c2c1C(N)=O. The quantitative estimate of drug-likeness (QED) is 0.492. The van der Waals surface area contributed by atoms with Gasteiger partial charge in [-0.15, -0.1) is 0 Å². The number of nitrogens with zero attached hydrogens (tertiary/aromatic N) is 4. The summed E-state index contributed by atoms with van der Waals surface area (Å²) in [7, 11) is 0. The first-order valence-electron chi connectivity index (χ1n) is 10.3. The lowest BCUT2D eigenvalue weighted by Gasteiger charge is -2.16. The molecule has 0 aliphatic carbocycles. The van der Waals surface area contributed by atoms with Crippen molar-refractivity contribution in [3.63, 3.8) is 0 Å². The number of rotatable bonds is 5. The molecule has 4 N–H and O–H groups in total. The Morgan fingerprint density at radius 3 is 2.30 bits per heavy atom. The third-order valence-electron chi connectivity index (χ3n) is 5.75. The fourth-order valence-electron chi connectivity index (χ4n) is 4.23. The Morgan fingerprint density at radius 1 is 1.00 bits per heavy atom. The van der Waals surface area contributed by atoms with Crippen LogP contribution in [0.1, 0.15) is 48.9 Å². The Bertz CT molecular complexity index is 1480. The van der Waals surface area contributed by atoms with Gasteiger partial charge in [0.2, 0.25) is 5.91 Å². The van der Waals surface area contributed by atoms with Crippen molar-refractivity contribution < 1.29 is 9.59 Å². The Hall–Kier alpha value is -4.51. The molecule has 4 rings (SSSR count). The number of nitriles is 1. The Labute approximate surface area is 190 Å². The molecule has 33 heavy (non-hydrogen) atoms. The number of carbonyl (C=O) groups excluding carboxylic acids is 2. The van der Waals surface area contributed by atoms with Crippen LogP contribution in [0.15, 0.2) is 42.5 Å². The number of hydrogen-bond acceptors (Lipinski definition) is 5. The van der Waals surface area contributed by atoms with Gasteiger partial charge in [-0.05, 0) is 50.1 Å². The third kappa shape index (κ3) is 3.70. The fourth-order valence-corrected chi connectivity index (χ4v) is 4.23. The highest BCUT2D eigenvalue weighted by atomic mass is 16.1. The molecule has 2 amide bonds. The Morgan fingerprint density at radius 2 is 1.70 bits per heavy atom. The predicted octanol–water partition coefficient (Wildman–Crippen LogP) is 3.14. The molecular formula is C25H22N6O2. The number of aryl methyl sites for hydroxylation is 2. The van der Waals surface area contributed by atoms with E-state index in [0.29, 0.717) is 39.8 Å². The zero-order chi connectivity index (χ0) is 23.9. The van der Waals surface area contributed by atoms with Crippen LogP contribution in [0.5, 0.6) is 0 Å². The monoisotopic (exact) mass is 438 g/mol. The van der Waals surface area contributed by atoms with Crippen LogP contribution in [0.3, 0.4) is 0 Å². The predicted molar refractivity (Wildman–Crippen MR) is 124 cm³/mol. The molecule has 0 saturated heterocycles. The second-order valence-electron chi connectivity index (χ2n) is 7.92.